The van der Waals surface area contributed by atoms with Crippen molar-refractivity contribution in [3.05, 3.63) is 45.8 Å². The van der Waals surface area contributed by atoms with E-state index in [2.05, 4.69) is 20.6 Å². The molecule has 7 heteroatoms. The summed E-state index contributed by atoms with van der Waals surface area (Å²) in [5, 5.41) is 23.9. The molecule has 0 radical (unpaired) electrons. The number of nitro benzene ring substituents is 1. The van der Waals surface area contributed by atoms with Gasteiger partial charge in [-0.25, -0.2) is 5.10 Å². The smallest absolute Gasteiger partial charge is 0.258 e. The Labute approximate surface area is 90.6 Å². The fourth-order valence-corrected chi connectivity index (χ4v) is 1.39. The quantitative estimate of drug-likeness (QED) is 0.619. The molecule has 1 aromatic heterocycles. The summed E-state index contributed by atoms with van der Waals surface area (Å²) in [6, 6.07) is 6.34. The molecule has 2 rings (SSSR count). The Hall–Kier alpha value is -2.31. The van der Waals surface area contributed by atoms with E-state index in [1.807, 2.05) is 6.92 Å². The summed E-state index contributed by atoms with van der Waals surface area (Å²) in [6.07, 6.45) is 0. The molecule has 0 aliphatic heterocycles. The van der Waals surface area contributed by atoms with E-state index in [1.54, 1.807) is 12.1 Å². The number of rotatable bonds is 3. The Kier molecular flexibility index (Phi) is 2.59. The van der Waals surface area contributed by atoms with Crippen LogP contribution in [-0.4, -0.2) is 25.5 Å². The summed E-state index contributed by atoms with van der Waals surface area (Å²) >= 11 is 0. The lowest BCUT2D eigenvalue weighted by molar-refractivity contribution is -0.384. The maximum atomic E-state index is 10.5. The summed E-state index contributed by atoms with van der Waals surface area (Å²) in [5.74, 6) is 0.615. The van der Waals surface area contributed by atoms with Crippen LogP contribution in [0.3, 0.4) is 0 Å². The summed E-state index contributed by atoms with van der Waals surface area (Å²) in [4.78, 5) is 10.1. The number of benzene rings is 1. The third kappa shape index (κ3) is 1.88. The fourth-order valence-electron chi connectivity index (χ4n) is 1.39. The van der Waals surface area contributed by atoms with E-state index in [0.29, 0.717) is 5.82 Å². The molecule has 0 spiro atoms. The molecule has 1 atom stereocenters. The maximum absolute atomic E-state index is 10.5. The molecule has 1 heterocycles. The van der Waals surface area contributed by atoms with Gasteiger partial charge in [-0.3, -0.25) is 10.1 Å². The molecule has 0 aliphatic carbocycles. The molecular formula is C9H9N5O2. The van der Waals surface area contributed by atoms with Gasteiger partial charge in [-0.2, -0.15) is 0 Å². The first-order valence-corrected chi connectivity index (χ1v) is 4.66. The van der Waals surface area contributed by atoms with Gasteiger partial charge in [-0.05, 0) is 16.0 Å². The maximum Gasteiger partial charge on any atom is 0.269 e. The predicted octanol–water partition coefficient (Wildman–Crippen LogP) is 1.26. The minimum absolute atomic E-state index is 0.0178. The topological polar surface area (TPSA) is 97.6 Å². The molecule has 1 N–H and O–H groups in total. The van der Waals surface area contributed by atoms with Crippen molar-refractivity contribution in [2.45, 2.75) is 12.8 Å². The van der Waals surface area contributed by atoms with E-state index < -0.39 is 4.92 Å². The van der Waals surface area contributed by atoms with Crippen LogP contribution in [-0.2, 0) is 0 Å². The van der Waals surface area contributed by atoms with Crippen LogP contribution >= 0.6 is 0 Å². The van der Waals surface area contributed by atoms with Gasteiger partial charge in [-0.1, -0.05) is 19.1 Å². The van der Waals surface area contributed by atoms with Crippen LogP contribution in [0.2, 0.25) is 0 Å². The van der Waals surface area contributed by atoms with Crippen LogP contribution in [0.15, 0.2) is 24.3 Å². The molecule has 0 amide bonds. The number of nitrogens with one attached hydrogen (secondary N) is 1. The van der Waals surface area contributed by atoms with Crippen LogP contribution in [0, 0.1) is 10.1 Å². The van der Waals surface area contributed by atoms with Gasteiger partial charge in [0.05, 0.1) is 4.92 Å². The summed E-state index contributed by atoms with van der Waals surface area (Å²) < 4.78 is 0. The van der Waals surface area contributed by atoms with Crippen molar-refractivity contribution in [2.75, 3.05) is 0 Å². The zero-order valence-electron chi connectivity index (χ0n) is 8.49. The number of nitrogens with zero attached hydrogens (tertiary/aromatic N) is 4. The minimum Gasteiger partial charge on any atom is -0.258 e. The predicted molar refractivity (Wildman–Crippen MR) is 54.8 cm³/mol. The second-order valence-corrected chi connectivity index (χ2v) is 3.36. The van der Waals surface area contributed by atoms with Gasteiger partial charge in [0.2, 0.25) is 0 Å². The number of tetrazole rings is 1. The summed E-state index contributed by atoms with van der Waals surface area (Å²) in [5.41, 5.74) is 0.996. The lowest BCUT2D eigenvalue weighted by atomic mass is 10.0. The first-order chi connectivity index (χ1) is 7.68. The minimum atomic E-state index is -0.426. The third-order valence-corrected chi connectivity index (χ3v) is 2.38. The third-order valence-electron chi connectivity index (χ3n) is 2.38. The second-order valence-electron chi connectivity index (χ2n) is 3.36. The van der Waals surface area contributed by atoms with Crippen molar-refractivity contribution >= 4 is 5.69 Å². The molecule has 0 aliphatic rings. The SMILES string of the molecule is CC(c1ccc([N+](=O)[O-])cc1)c1nnn[nH]1. The molecule has 1 unspecified atom stereocenters. The average molecular weight is 219 g/mol. The van der Waals surface area contributed by atoms with Crippen LogP contribution in [0.25, 0.3) is 0 Å². The standard InChI is InChI=1S/C9H9N5O2/c1-6(9-10-12-13-11-9)7-2-4-8(5-3-7)14(15)16/h2-6H,1H3,(H,10,11,12,13). The van der Waals surface area contributed by atoms with Crippen molar-refractivity contribution in [1.82, 2.24) is 20.6 Å². The zero-order chi connectivity index (χ0) is 11.5. The Balaban J connectivity index is 2.25. The lowest BCUT2D eigenvalue weighted by Crippen LogP contribution is -1.99. The molecule has 0 fully saturated rings. The van der Waals surface area contributed by atoms with Gasteiger partial charge in [-0.15, -0.1) is 5.10 Å². The largest absolute Gasteiger partial charge is 0.269 e. The van der Waals surface area contributed by atoms with Crippen molar-refractivity contribution < 1.29 is 4.92 Å². The monoisotopic (exact) mass is 219 g/mol. The zero-order valence-corrected chi connectivity index (χ0v) is 8.49. The van der Waals surface area contributed by atoms with Crippen LogP contribution in [0.5, 0.6) is 0 Å². The molecule has 1 aromatic carbocycles. The molecule has 2 aromatic rings. The Morgan fingerprint density at radius 1 is 1.38 bits per heavy atom. The summed E-state index contributed by atoms with van der Waals surface area (Å²) in [6.45, 7) is 1.92. The number of hydrogen-bond donors (Lipinski definition) is 1. The van der Waals surface area contributed by atoms with Crippen LogP contribution in [0.1, 0.15) is 24.2 Å². The fraction of sp³-hybridized carbons (Fsp3) is 0.222. The van der Waals surface area contributed by atoms with E-state index in [1.165, 1.54) is 12.1 Å². The van der Waals surface area contributed by atoms with E-state index in [9.17, 15) is 10.1 Å². The van der Waals surface area contributed by atoms with Gasteiger partial charge in [0.25, 0.3) is 5.69 Å². The molecule has 0 saturated carbocycles. The number of hydrogen-bond acceptors (Lipinski definition) is 5. The van der Waals surface area contributed by atoms with Crippen molar-refractivity contribution in [3.63, 3.8) is 0 Å². The number of H-pyrrole nitrogens is 1. The highest BCUT2D eigenvalue weighted by Gasteiger charge is 2.13. The number of aromatic amines is 1. The molecule has 0 saturated heterocycles. The number of nitro groups is 1. The highest BCUT2D eigenvalue weighted by atomic mass is 16.6. The van der Waals surface area contributed by atoms with Gasteiger partial charge in [0.15, 0.2) is 5.82 Å². The molecular weight excluding hydrogens is 210 g/mol. The number of non-ortho nitro benzene ring substituents is 1. The highest BCUT2D eigenvalue weighted by Crippen LogP contribution is 2.22. The lowest BCUT2D eigenvalue weighted by Gasteiger charge is -2.06. The van der Waals surface area contributed by atoms with Crippen molar-refractivity contribution in [3.8, 4) is 0 Å². The molecule has 0 bridgehead atoms. The second kappa shape index (κ2) is 4.05. The molecule has 7 nitrogen and oxygen atoms in total. The first-order valence-electron chi connectivity index (χ1n) is 4.66. The van der Waals surface area contributed by atoms with Crippen molar-refractivity contribution in [2.24, 2.45) is 0 Å². The van der Waals surface area contributed by atoms with Gasteiger partial charge in [0, 0.05) is 18.1 Å². The normalized spacial score (nSPS) is 12.3. The van der Waals surface area contributed by atoms with Crippen LogP contribution < -0.4 is 0 Å². The Bertz CT molecular complexity index is 479. The highest BCUT2D eigenvalue weighted by molar-refractivity contribution is 5.35. The van der Waals surface area contributed by atoms with E-state index >= 15 is 0 Å². The average Bonchev–Trinajstić information content (AvgIpc) is 2.81. The van der Waals surface area contributed by atoms with E-state index in [0.717, 1.165) is 5.56 Å². The Morgan fingerprint density at radius 2 is 2.06 bits per heavy atom. The van der Waals surface area contributed by atoms with Gasteiger partial charge < -0.3 is 0 Å². The van der Waals surface area contributed by atoms with Gasteiger partial charge >= 0.3 is 0 Å². The van der Waals surface area contributed by atoms with E-state index in [-0.39, 0.29) is 11.6 Å². The van der Waals surface area contributed by atoms with E-state index in [4.69, 9.17) is 0 Å². The first kappa shape index (κ1) is 10.2. The van der Waals surface area contributed by atoms with Gasteiger partial charge in [0.1, 0.15) is 0 Å². The number of aromatic nitrogens is 4. The molecule has 82 valence electrons. The van der Waals surface area contributed by atoms with Crippen molar-refractivity contribution in [1.29, 1.82) is 0 Å². The Morgan fingerprint density at radius 3 is 2.56 bits per heavy atom. The van der Waals surface area contributed by atoms with Crippen LogP contribution in [0.4, 0.5) is 5.69 Å². The summed E-state index contributed by atoms with van der Waals surface area (Å²) in [7, 11) is 0. The molecule has 16 heavy (non-hydrogen) atoms.